The molecule has 0 N–H and O–H groups in total. The number of furan rings is 1. The second kappa shape index (κ2) is 7.30. The van der Waals surface area contributed by atoms with Crippen LogP contribution in [0, 0.1) is 0 Å². The molecule has 3 aromatic heterocycles. The summed E-state index contributed by atoms with van der Waals surface area (Å²) in [5.74, 6) is 0. The smallest absolute Gasteiger partial charge is 0.135 e. The third kappa shape index (κ3) is 2.54. The van der Waals surface area contributed by atoms with Crippen LogP contribution in [-0.2, 0) is 0 Å². The van der Waals surface area contributed by atoms with E-state index in [4.69, 9.17) is 4.42 Å². The van der Waals surface area contributed by atoms with Crippen LogP contribution in [0.3, 0.4) is 0 Å². The molecular weight excluding hydrogens is 440 g/mol. The van der Waals surface area contributed by atoms with Crippen LogP contribution in [-0.4, -0.2) is 9.55 Å². The third-order valence-electron chi connectivity index (χ3n) is 7.29. The van der Waals surface area contributed by atoms with E-state index in [1.54, 1.807) is 0 Å². The fraction of sp³-hybridized carbons (Fsp3) is 0. The minimum atomic E-state index is 0.868. The molecule has 8 aromatic rings. The highest BCUT2D eigenvalue weighted by Gasteiger charge is 2.23. The summed E-state index contributed by atoms with van der Waals surface area (Å²) in [4.78, 5) is 4.67. The number of hydrogen-bond donors (Lipinski definition) is 0. The van der Waals surface area contributed by atoms with Crippen molar-refractivity contribution in [3.63, 3.8) is 0 Å². The molecule has 0 atom stereocenters. The van der Waals surface area contributed by atoms with Gasteiger partial charge in [-0.15, -0.1) is 0 Å². The molecule has 0 spiro atoms. The van der Waals surface area contributed by atoms with Crippen molar-refractivity contribution in [3.8, 4) is 16.9 Å². The van der Waals surface area contributed by atoms with Crippen LogP contribution < -0.4 is 0 Å². The Morgan fingerprint density at radius 3 is 2.03 bits per heavy atom. The molecular formula is C33H20N2O. The number of hydrogen-bond acceptors (Lipinski definition) is 2. The van der Waals surface area contributed by atoms with E-state index in [-0.39, 0.29) is 0 Å². The predicted molar refractivity (Wildman–Crippen MR) is 149 cm³/mol. The molecule has 8 rings (SSSR count). The van der Waals surface area contributed by atoms with Crippen LogP contribution in [0.1, 0.15) is 0 Å². The van der Waals surface area contributed by atoms with Crippen molar-refractivity contribution in [2.24, 2.45) is 0 Å². The number of fused-ring (bicyclic) bond motifs is 10. The average molecular weight is 461 g/mol. The van der Waals surface area contributed by atoms with Gasteiger partial charge in [-0.1, -0.05) is 72.8 Å². The van der Waals surface area contributed by atoms with Crippen LogP contribution in [0.15, 0.2) is 126 Å². The van der Waals surface area contributed by atoms with Crippen molar-refractivity contribution in [1.82, 2.24) is 9.55 Å². The Kier molecular flexibility index (Phi) is 3.94. The van der Waals surface area contributed by atoms with Crippen LogP contribution in [0.4, 0.5) is 0 Å². The van der Waals surface area contributed by atoms with Gasteiger partial charge in [0.1, 0.15) is 11.8 Å². The maximum atomic E-state index is 6.13. The topological polar surface area (TPSA) is 31.0 Å². The minimum Gasteiger partial charge on any atom is -0.464 e. The molecule has 3 heteroatoms. The summed E-state index contributed by atoms with van der Waals surface area (Å²) in [6, 6.07) is 38.4. The molecule has 0 saturated heterocycles. The second-order valence-corrected chi connectivity index (χ2v) is 9.18. The predicted octanol–water partition coefficient (Wildman–Crippen LogP) is 8.90. The Morgan fingerprint density at radius 1 is 0.556 bits per heavy atom. The van der Waals surface area contributed by atoms with E-state index >= 15 is 0 Å². The van der Waals surface area contributed by atoms with Crippen LogP contribution in [0.5, 0.6) is 0 Å². The van der Waals surface area contributed by atoms with Gasteiger partial charge < -0.3 is 8.98 Å². The standard InChI is InChI=1S/C33H20N2O/c1-2-10-21(11-3-1)35-28-17-18-29-30(26(20-36-29)27-16-8-9-19-34-27)32(28)31-24-14-6-4-12-22(24)23-13-5-7-15-25(23)33(31)35/h1-20H. The molecule has 168 valence electrons. The van der Waals surface area contributed by atoms with Gasteiger partial charge in [0.25, 0.3) is 0 Å². The van der Waals surface area contributed by atoms with Crippen molar-refractivity contribution in [1.29, 1.82) is 0 Å². The lowest BCUT2D eigenvalue weighted by Gasteiger charge is -2.11. The number of pyridine rings is 1. The van der Waals surface area contributed by atoms with Gasteiger partial charge in [-0.05, 0) is 52.6 Å². The highest BCUT2D eigenvalue weighted by atomic mass is 16.3. The zero-order valence-corrected chi connectivity index (χ0v) is 19.3. The lowest BCUT2D eigenvalue weighted by atomic mass is 9.95. The van der Waals surface area contributed by atoms with Gasteiger partial charge in [0.15, 0.2) is 0 Å². The summed E-state index contributed by atoms with van der Waals surface area (Å²) in [6.45, 7) is 0. The molecule has 0 radical (unpaired) electrons. The lowest BCUT2D eigenvalue weighted by molar-refractivity contribution is 0.617. The Labute approximate surface area is 206 Å². The average Bonchev–Trinajstić information content (AvgIpc) is 3.54. The third-order valence-corrected chi connectivity index (χ3v) is 7.29. The summed E-state index contributed by atoms with van der Waals surface area (Å²) in [6.07, 6.45) is 3.69. The quantitative estimate of drug-likeness (QED) is 0.241. The molecule has 36 heavy (non-hydrogen) atoms. The maximum Gasteiger partial charge on any atom is 0.135 e. The molecule has 0 aliphatic carbocycles. The number of benzene rings is 5. The van der Waals surface area contributed by atoms with Crippen molar-refractivity contribution in [2.75, 3.05) is 0 Å². The Morgan fingerprint density at radius 2 is 1.25 bits per heavy atom. The summed E-state index contributed by atoms with van der Waals surface area (Å²) < 4.78 is 8.54. The van der Waals surface area contributed by atoms with Gasteiger partial charge in [0.2, 0.25) is 0 Å². The first-order chi connectivity index (χ1) is 17.9. The SMILES string of the molecule is c1ccc(-n2c3ccc4occ(-c5ccccn5)c4c3c3c4ccccc4c4ccccc4c32)cc1. The fourth-order valence-corrected chi connectivity index (χ4v) is 5.84. The van der Waals surface area contributed by atoms with Gasteiger partial charge in [-0.3, -0.25) is 4.98 Å². The van der Waals surface area contributed by atoms with E-state index in [1.165, 1.54) is 37.8 Å². The summed E-state index contributed by atoms with van der Waals surface area (Å²) in [5.41, 5.74) is 6.30. The zero-order valence-electron chi connectivity index (χ0n) is 19.3. The Hall–Kier alpha value is -4.89. The molecule has 3 nitrogen and oxygen atoms in total. The molecule has 0 unspecified atom stereocenters. The number of rotatable bonds is 2. The maximum absolute atomic E-state index is 6.13. The van der Waals surface area contributed by atoms with E-state index in [9.17, 15) is 0 Å². The van der Waals surface area contributed by atoms with E-state index < -0.39 is 0 Å². The van der Waals surface area contributed by atoms with Crippen LogP contribution in [0.25, 0.3) is 71.3 Å². The van der Waals surface area contributed by atoms with Crippen molar-refractivity contribution in [2.45, 2.75) is 0 Å². The van der Waals surface area contributed by atoms with E-state index in [1.807, 2.05) is 30.7 Å². The zero-order chi connectivity index (χ0) is 23.6. The van der Waals surface area contributed by atoms with Gasteiger partial charge in [0.05, 0.1) is 16.7 Å². The molecule has 0 fully saturated rings. The van der Waals surface area contributed by atoms with Crippen molar-refractivity contribution < 1.29 is 4.42 Å². The molecule has 0 amide bonds. The van der Waals surface area contributed by atoms with Crippen molar-refractivity contribution >= 4 is 54.3 Å². The van der Waals surface area contributed by atoms with Gasteiger partial charge in [-0.25, -0.2) is 0 Å². The number of nitrogens with zero attached hydrogens (tertiary/aromatic N) is 2. The molecule has 0 aliphatic heterocycles. The van der Waals surface area contributed by atoms with E-state index in [0.29, 0.717) is 0 Å². The van der Waals surface area contributed by atoms with Crippen LogP contribution >= 0.6 is 0 Å². The molecule has 3 heterocycles. The fourth-order valence-electron chi connectivity index (χ4n) is 5.84. The van der Waals surface area contributed by atoms with Gasteiger partial charge in [0, 0.05) is 39.0 Å². The summed E-state index contributed by atoms with van der Waals surface area (Å²) in [5, 5.41) is 8.54. The summed E-state index contributed by atoms with van der Waals surface area (Å²) in [7, 11) is 0. The second-order valence-electron chi connectivity index (χ2n) is 9.18. The van der Waals surface area contributed by atoms with Gasteiger partial charge in [-0.2, -0.15) is 0 Å². The highest BCUT2D eigenvalue weighted by molar-refractivity contribution is 6.36. The molecule has 5 aromatic carbocycles. The Bertz CT molecular complexity index is 2080. The van der Waals surface area contributed by atoms with E-state index in [0.717, 1.165) is 33.4 Å². The first-order valence-electron chi connectivity index (χ1n) is 12.1. The van der Waals surface area contributed by atoms with Crippen LogP contribution in [0.2, 0.25) is 0 Å². The largest absolute Gasteiger partial charge is 0.464 e. The number of para-hydroxylation sites is 1. The normalized spacial score (nSPS) is 11.9. The lowest BCUT2D eigenvalue weighted by Crippen LogP contribution is -1.94. The molecule has 0 aliphatic rings. The van der Waals surface area contributed by atoms with Gasteiger partial charge >= 0.3 is 0 Å². The first kappa shape index (κ1) is 19.4. The number of aromatic nitrogens is 2. The molecule has 0 saturated carbocycles. The van der Waals surface area contributed by atoms with E-state index in [2.05, 4.69) is 101 Å². The highest BCUT2D eigenvalue weighted by Crippen LogP contribution is 2.46. The molecule has 0 bridgehead atoms. The first-order valence-corrected chi connectivity index (χ1v) is 12.1. The minimum absolute atomic E-state index is 0.868. The summed E-state index contributed by atoms with van der Waals surface area (Å²) >= 11 is 0. The van der Waals surface area contributed by atoms with Crippen molar-refractivity contribution in [3.05, 3.63) is 122 Å². The Balaban J connectivity index is 1.73. The monoisotopic (exact) mass is 460 g/mol.